The smallest absolute Gasteiger partial charge is 0.227 e. The summed E-state index contributed by atoms with van der Waals surface area (Å²) in [5.74, 6) is -0.440. The summed E-state index contributed by atoms with van der Waals surface area (Å²) in [6.45, 7) is 2.09. The van der Waals surface area contributed by atoms with Gasteiger partial charge in [0.1, 0.15) is 0 Å². The third kappa shape index (κ3) is 2.74. The number of anilines is 1. The lowest BCUT2D eigenvalue weighted by Crippen LogP contribution is -2.49. The average molecular weight is 272 g/mol. The molecule has 1 aliphatic heterocycles. The highest BCUT2D eigenvalue weighted by Crippen LogP contribution is 2.19. The van der Waals surface area contributed by atoms with Crippen LogP contribution in [0.3, 0.4) is 0 Å². The lowest BCUT2D eigenvalue weighted by Gasteiger charge is -2.33. The van der Waals surface area contributed by atoms with Crippen LogP contribution in [0.4, 0.5) is 5.13 Å². The Balaban J connectivity index is 1.97. The molecule has 2 rings (SSSR count). The third-order valence-electron chi connectivity index (χ3n) is 2.57. The maximum absolute atomic E-state index is 11.7. The Morgan fingerprint density at radius 3 is 2.65 bits per heavy atom. The number of piperazine rings is 1. The van der Waals surface area contributed by atoms with Gasteiger partial charge in [0.15, 0.2) is 10.9 Å². The maximum Gasteiger partial charge on any atom is 0.227 e. The zero-order chi connectivity index (χ0) is 12.3. The Bertz CT molecular complexity index is 498. The van der Waals surface area contributed by atoms with Gasteiger partial charge in [-0.15, -0.1) is 11.3 Å². The van der Waals surface area contributed by atoms with E-state index < -0.39 is 15.8 Å². The van der Waals surface area contributed by atoms with Crippen molar-refractivity contribution in [3.8, 4) is 6.07 Å². The normalized spacial score (nSPS) is 17.9. The maximum atomic E-state index is 11.7. The molecule has 0 spiro atoms. The van der Waals surface area contributed by atoms with Crippen LogP contribution in [-0.2, 0) is 10.0 Å². The van der Waals surface area contributed by atoms with Crippen LogP contribution in [-0.4, -0.2) is 49.6 Å². The summed E-state index contributed by atoms with van der Waals surface area (Å²) in [6, 6.07) is 1.69. The van der Waals surface area contributed by atoms with Crippen LogP contribution in [0.15, 0.2) is 11.6 Å². The fraction of sp³-hybridized carbons (Fsp3) is 0.556. The molecule has 1 aromatic heterocycles. The van der Waals surface area contributed by atoms with Gasteiger partial charge in [-0.2, -0.15) is 9.57 Å². The van der Waals surface area contributed by atoms with Gasteiger partial charge < -0.3 is 4.90 Å². The average Bonchev–Trinajstić information content (AvgIpc) is 2.82. The Labute approximate surface area is 104 Å². The molecule has 0 saturated carbocycles. The van der Waals surface area contributed by atoms with Gasteiger partial charge >= 0.3 is 0 Å². The van der Waals surface area contributed by atoms with E-state index in [1.165, 1.54) is 4.31 Å². The van der Waals surface area contributed by atoms with Crippen LogP contribution < -0.4 is 4.90 Å². The second kappa shape index (κ2) is 5.00. The molecule has 0 N–H and O–H groups in total. The molecule has 0 amide bonds. The first-order valence-corrected chi connectivity index (χ1v) is 7.61. The van der Waals surface area contributed by atoms with E-state index in [4.69, 9.17) is 5.26 Å². The van der Waals surface area contributed by atoms with E-state index in [9.17, 15) is 8.42 Å². The fourth-order valence-electron chi connectivity index (χ4n) is 1.70. The topological polar surface area (TPSA) is 77.3 Å². The summed E-state index contributed by atoms with van der Waals surface area (Å²) in [5.41, 5.74) is 0. The van der Waals surface area contributed by atoms with Crippen molar-refractivity contribution in [2.45, 2.75) is 0 Å². The number of aromatic nitrogens is 1. The minimum Gasteiger partial charge on any atom is -0.345 e. The quantitative estimate of drug-likeness (QED) is 0.781. The van der Waals surface area contributed by atoms with Crippen LogP contribution in [0, 0.1) is 11.3 Å². The number of hydrogen-bond donors (Lipinski definition) is 0. The Hall–Kier alpha value is -1.17. The van der Waals surface area contributed by atoms with Crippen molar-refractivity contribution in [1.29, 1.82) is 5.26 Å². The van der Waals surface area contributed by atoms with E-state index in [0.29, 0.717) is 26.2 Å². The van der Waals surface area contributed by atoms with Gasteiger partial charge in [-0.3, -0.25) is 0 Å². The summed E-state index contributed by atoms with van der Waals surface area (Å²) in [4.78, 5) is 6.25. The third-order valence-corrected chi connectivity index (χ3v) is 5.05. The molecule has 0 aliphatic carbocycles. The zero-order valence-electron chi connectivity index (χ0n) is 9.11. The van der Waals surface area contributed by atoms with E-state index in [-0.39, 0.29) is 0 Å². The number of nitriles is 1. The van der Waals surface area contributed by atoms with Gasteiger partial charge in [0, 0.05) is 37.8 Å². The summed E-state index contributed by atoms with van der Waals surface area (Å²) < 4.78 is 24.7. The molecule has 2 heterocycles. The Kier molecular flexibility index (Phi) is 3.61. The zero-order valence-corrected chi connectivity index (χ0v) is 10.7. The molecule has 17 heavy (non-hydrogen) atoms. The Morgan fingerprint density at radius 2 is 2.12 bits per heavy atom. The SMILES string of the molecule is N#CCS(=O)(=O)N1CCN(c2nccs2)CC1. The molecular weight excluding hydrogens is 260 g/mol. The highest BCUT2D eigenvalue weighted by Gasteiger charge is 2.27. The van der Waals surface area contributed by atoms with Crippen LogP contribution in [0.1, 0.15) is 0 Å². The second-order valence-electron chi connectivity index (χ2n) is 3.62. The van der Waals surface area contributed by atoms with E-state index in [1.54, 1.807) is 23.6 Å². The van der Waals surface area contributed by atoms with Gasteiger partial charge in [-0.05, 0) is 0 Å². The first-order valence-electron chi connectivity index (χ1n) is 5.13. The lowest BCUT2D eigenvalue weighted by atomic mass is 10.4. The molecule has 1 aromatic rings. The Morgan fingerprint density at radius 1 is 1.41 bits per heavy atom. The van der Waals surface area contributed by atoms with Gasteiger partial charge in [0.05, 0.1) is 6.07 Å². The number of thiazole rings is 1. The van der Waals surface area contributed by atoms with Crippen molar-refractivity contribution in [3.63, 3.8) is 0 Å². The molecule has 0 bridgehead atoms. The standard InChI is InChI=1S/C9H12N4O2S2/c10-1-8-17(14,15)13-5-3-12(4-6-13)9-11-2-7-16-9/h2,7H,3-6,8H2. The van der Waals surface area contributed by atoms with E-state index in [2.05, 4.69) is 9.88 Å². The number of hydrogen-bond acceptors (Lipinski definition) is 6. The predicted molar refractivity (Wildman–Crippen MR) is 65.3 cm³/mol. The number of nitrogens with zero attached hydrogens (tertiary/aromatic N) is 4. The minimum absolute atomic E-state index is 0.420. The number of sulfonamides is 1. The highest BCUT2D eigenvalue weighted by atomic mass is 32.2. The van der Waals surface area contributed by atoms with Crippen LogP contribution >= 0.6 is 11.3 Å². The van der Waals surface area contributed by atoms with Crippen molar-refractivity contribution < 1.29 is 8.42 Å². The molecule has 92 valence electrons. The fourth-order valence-corrected chi connectivity index (χ4v) is 3.46. The molecule has 0 aromatic carbocycles. The summed E-state index contributed by atoms with van der Waals surface area (Å²) in [5, 5.41) is 11.3. The van der Waals surface area contributed by atoms with E-state index in [1.807, 2.05) is 5.38 Å². The summed E-state index contributed by atoms with van der Waals surface area (Å²) >= 11 is 1.54. The molecular formula is C9H12N4O2S2. The van der Waals surface area contributed by atoms with Crippen molar-refractivity contribution >= 4 is 26.5 Å². The molecule has 8 heteroatoms. The molecule has 1 aliphatic rings. The molecule has 1 saturated heterocycles. The molecule has 1 fully saturated rings. The molecule has 0 radical (unpaired) electrons. The largest absolute Gasteiger partial charge is 0.345 e. The van der Waals surface area contributed by atoms with E-state index in [0.717, 1.165) is 5.13 Å². The van der Waals surface area contributed by atoms with Gasteiger partial charge in [-0.25, -0.2) is 13.4 Å². The lowest BCUT2D eigenvalue weighted by molar-refractivity contribution is 0.386. The summed E-state index contributed by atoms with van der Waals surface area (Å²) in [7, 11) is -3.40. The number of rotatable bonds is 3. The van der Waals surface area contributed by atoms with Gasteiger partial charge in [0.2, 0.25) is 10.0 Å². The van der Waals surface area contributed by atoms with E-state index >= 15 is 0 Å². The molecule has 0 unspecified atom stereocenters. The summed E-state index contributed by atoms with van der Waals surface area (Å²) in [6.07, 6.45) is 1.73. The van der Waals surface area contributed by atoms with Crippen LogP contribution in [0.25, 0.3) is 0 Å². The van der Waals surface area contributed by atoms with Crippen molar-refractivity contribution in [3.05, 3.63) is 11.6 Å². The minimum atomic E-state index is -3.40. The van der Waals surface area contributed by atoms with Crippen molar-refractivity contribution in [1.82, 2.24) is 9.29 Å². The predicted octanol–water partition coefficient (Wildman–Crippen LogP) is 0.118. The molecule has 0 atom stereocenters. The van der Waals surface area contributed by atoms with Crippen molar-refractivity contribution in [2.75, 3.05) is 36.8 Å². The monoisotopic (exact) mass is 272 g/mol. The first-order chi connectivity index (χ1) is 8.13. The van der Waals surface area contributed by atoms with Crippen molar-refractivity contribution in [2.24, 2.45) is 0 Å². The van der Waals surface area contributed by atoms with Crippen LogP contribution in [0.5, 0.6) is 0 Å². The van der Waals surface area contributed by atoms with Crippen LogP contribution in [0.2, 0.25) is 0 Å². The molecule has 6 nitrogen and oxygen atoms in total. The highest BCUT2D eigenvalue weighted by molar-refractivity contribution is 7.89. The second-order valence-corrected chi connectivity index (χ2v) is 6.46. The van der Waals surface area contributed by atoms with Gasteiger partial charge in [-0.1, -0.05) is 0 Å². The van der Waals surface area contributed by atoms with Gasteiger partial charge in [0.25, 0.3) is 0 Å². The first kappa shape index (κ1) is 12.3.